The standard InChI is InChI=1S/C21H34O11/c1-10-4-3-5-11(2)19(27)32-18-14(23)12(22)8-29-21(18)30-9-13-15(24)16(25)17(26)20(31-13)28-7-6-10/h5,10,12-18,20-26H,3-4,6-9H2,1-2H3/b11-5+/t10-,12-,13+,14-,15+,16-,17+,18+,20+,21-/m0/s1. The second-order valence-corrected chi connectivity index (χ2v) is 8.71. The predicted molar refractivity (Wildman–Crippen MR) is 107 cm³/mol. The molecule has 32 heavy (non-hydrogen) atoms. The number of hydrogen-bond acceptors (Lipinski definition) is 11. The first kappa shape index (κ1) is 25.5. The highest BCUT2D eigenvalue weighted by Crippen LogP contribution is 2.26. The summed E-state index contributed by atoms with van der Waals surface area (Å²) in [5.41, 5.74) is 0.352. The van der Waals surface area contributed by atoms with Crippen LogP contribution in [0, 0.1) is 5.92 Å². The molecule has 0 radical (unpaired) electrons. The quantitative estimate of drug-likeness (QED) is 0.268. The van der Waals surface area contributed by atoms with E-state index >= 15 is 0 Å². The van der Waals surface area contributed by atoms with Gasteiger partial charge in [0.2, 0.25) is 0 Å². The Hall–Kier alpha value is -1.15. The van der Waals surface area contributed by atoms with Gasteiger partial charge in [0.15, 0.2) is 18.7 Å². The van der Waals surface area contributed by atoms with Gasteiger partial charge in [-0.2, -0.15) is 0 Å². The summed E-state index contributed by atoms with van der Waals surface area (Å²) in [5, 5.41) is 51.0. The van der Waals surface area contributed by atoms with Crippen LogP contribution in [-0.4, -0.2) is 107 Å². The summed E-state index contributed by atoms with van der Waals surface area (Å²) < 4.78 is 27.6. The van der Waals surface area contributed by atoms with Crippen molar-refractivity contribution in [2.45, 2.75) is 88.4 Å². The molecule has 0 unspecified atom stereocenters. The number of aliphatic hydroxyl groups excluding tert-OH is 5. The van der Waals surface area contributed by atoms with Crippen LogP contribution in [-0.2, 0) is 28.5 Å². The number of carbonyl (C=O) groups is 1. The van der Waals surface area contributed by atoms with Gasteiger partial charge in [0.25, 0.3) is 0 Å². The predicted octanol–water partition coefficient (Wildman–Crippen LogP) is -1.42. The van der Waals surface area contributed by atoms with E-state index in [0.717, 1.165) is 6.42 Å². The monoisotopic (exact) mass is 462 g/mol. The van der Waals surface area contributed by atoms with Gasteiger partial charge in [-0.1, -0.05) is 13.0 Å². The molecule has 3 aliphatic heterocycles. The Balaban J connectivity index is 1.80. The molecule has 3 heterocycles. The minimum Gasteiger partial charge on any atom is -0.451 e. The lowest BCUT2D eigenvalue weighted by molar-refractivity contribution is -0.321. The molecule has 184 valence electrons. The molecule has 0 aromatic rings. The number of ether oxygens (including phenoxy) is 5. The molecule has 5 N–H and O–H groups in total. The summed E-state index contributed by atoms with van der Waals surface area (Å²) >= 11 is 0. The highest BCUT2D eigenvalue weighted by Gasteiger charge is 2.47. The maximum absolute atomic E-state index is 12.5. The zero-order valence-corrected chi connectivity index (χ0v) is 18.3. The average Bonchev–Trinajstić information content (AvgIpc) is 2.76. The van der Waals surface area contributed by atoms with Gasteiger partial charge in [0, 0.05) is 5.57 Å². The summed E-state index contributed by atoms with van der Waals surface area (Å²) in [7, 11) is 0. The Bertz CT molecular complexity index is 656. The van der Waals surface area contributed by atoms with Crippen LogP contribution in [0.25, 0.3) is 0 Å². The van der Waals surface area contributed by atoms with Crippen molar-refractivity contribution < 1.29 is 54.0 Å². The molecule has 2 fully saturated rings. The Labute approximate surface area is 186 Å². The fourth-order valence-corrected chi connectivity index (χ4v) is 3.83. The van der Waals surface area contributed by atoms with E-state index in [2.05, 4.69) is 0 Å². The minimum absolute atomic E-state index is 0.245. The van der Waals surface area contributed by atoms with Crippen molar-refractivity contribution in [1.29, 1.82) is 0 Å². The highest BCUT2D eigenvalue weighted by atomic mass is 16.7. The summed E-state index contributed by atoms with van der Waals surface area (Å²) in [6, 6.07) is 0. The van der Waals surface area contributed by atoms with E-state index < -0.39 is 61.3 Å². The minimum atomic E-state index is -1.53. The van der Waals surface area contributed by atoms with Gasteiger partial charge >= 0.3 is 5.97 Å². The zero-order valence-electron chi connectivity index (χ0n) is 18.3. The maximum Gasteiger partial charge on any atom is 0.333 e. The van der Waals surface area contributed by atoms with Crippen molar-refractivity contribution in [2.24, 2.45) is 5.92 Å². The third kappa shape index (κ3) is 6.04. The van der Waals surface area contributed by atoms with Gasteiger partial charge in [-0.25, -0.2) is 4.79 Å². The number of aliphatic hydroxyl groups is 5. The molecular weight excluding hydrogens is 428 g/mol. The van der Waals surface area contributed by atoms with E-state index in [4.69, 9.17) is 23.7 Å². The summed E-state index contributed by atoms with van der Waals surface area (Å²) in [4.78, 5) is 12.5. The number of hydrogen-bond donors (Lipinski definition) is 5. The van der Waals surface area contributed by atoms with Crippen molar-refractivity contribution in [2.75, 3.05) is 19.8 Å². The Morgan fingerprint density at radius 3 is 2.34 bits per heavy atom. The largest absolute Gasteiger partial charge is 0.451 e. The lowest BCUT2D eigenvalue weighted by atomic mass is 9.99. The van der Waals surface area contributed by atoms with Crippen LogP contribution in [0.5, 0.6) is 0 Å². The van der Waals surface area contributed by atoms with Gasteiger partial charge in [-0.3, -0.25) is 0 Å². The Morgan fingerprint density at radius 2 is 1.59 bits per heavy atom. The van der Waals surface area contributed by atoms with Crippen LogP contribution < -0.4 is 0 Å². The first-order valence-corrected chi connectivity index (χ1v) is 11.0. The lowest BCUT2D eigenvalue weighted by Crippen LogP contribution is -2.60. The first-order chi connectivity index (χ1) is 15.2. The molecule has 0 aromatic carbocycles. The fourth-order valence-electron chi connectivity index (χ4n) is 3.83. The normalized spacial score (nSPS) is 46.8. The molecule has 11 nitrogen and oxygen atoms in total. The smallest absolute Gasteiger partial charge is 0.333 e. The number of rotatable bonds is 0. The molecule has 2 bridgehead atoms. The van der Waals surface area contributed by atoms with Crippen molar-refractivity contribution in [3.05, 3.63) is 11.6 Å². The van der Waals surface area contributed by atoms with Gasteiger partial charge in [0.1, 0.15) is 36.6 Å². The van der Waals surface area contributed by atoms with Crippen LogP contribution in [0.4, 0.5) is 0 Å². The van der Waals surface area contributed by atoms with E-state index in [-0.39, 0.29) is 25.7 Å². The van der Waals surface area contributed by atoms with Crippen molar-refractivity contribution in [3.8, 4) is 0 Å². The first-order valence-electron chi connectivity index (χ1n) is 11.0. The number of esters is 1. The summed E-state index contributed by atoms with van der Waals surface area (Å²) in [6.45, 7) is 3.31. The van der Waals surface area contributed by atoms with Crippen LogP contribution in [0.15, 0.2) is 11.6 Å². The van der Waals surface area contributed by atoms with Gasteiger partial charge < -0.3 is 49.2 Å². The van der Waals surface area contributed by atoms with E-state index in [1.807, 2.05) is 6.92 Å². The van der Waals surface area contributed by atoms with Gasteiger partial charge in [0.05, 0.1) is 19.8 Å². The molecule has 3 rings (SSSR count). The summed E-state index contributed by atoms with van der Waals surface area (Å²) in [5.74, 6) is -0.428. The molecule has 0 amide bonds. The molecule has 11 heteroatoms. The third-order valence-electron chi connectivity index (χ3n) is 6.09. The molecule has 3 aliphatic rings. The Morgan fingerprint density at radius 1 is 0.875 bits per heavy atom. The van der Waals surface area contributed by atoms with Crippen LogP contribution in [0.2, 0.25) is 0 Å². The average molecular weight is 462 g/mol. The number of carbonyl (C=O) groups excluding carboxylic acids is 1. The second kappa shape index (κ2) is 11.3. The Kier molecular flexibility index (Phi) is 9.01. The molecule has 10 atom stereocenters. The topological polar surface area (TPSA) is 164 Å². The molecule has 0 aromatic heterocycles. The third-order valence-corrected chi connectivity index (χ3v) is 6.09. The zero-order chi connectivity index (χ0) is 23.4. The van der Waals surface area contributed by atoms with Crippen LogP contribution in [0.3, 0.4) is 0 Å². The van der Waals surface area contributed by atoms with Crippen molar-refractivity contribution in [3.63, 3.8) is 0 Å². The number of allylic oxidation sites excluding steroid dienone is 1. The lowest BCUT2D eigenvalue weighted by Gasteiger charge is -2.42. The van der Waals surface area contributed by atoms with Gasteiger partial charge in [-0.05, 0) is 32.1 Å². The molecule has 0 spiro atoms. The van der Waals surface area contributed by atoms with Crippen molar-refractivity contribution in [1.82, 2.24) is 0 Å². The number of fused-ring (bicyclic) bond motifs is 3. The van der Waals surface area contributed by atoms with E-state index in [9.17, 15) is 30.3 Å². The van der Waals surface area contributed by atoms with E-state index in [1.54, 1.807) is 13.0 Å². The molecule has 0 saturated carbocycles. The van der Waals surface area contributed by atoms with Crippen LogP contribution in [0.1, 0.15) is 33.1 Å². The molecule has 2 saturated heterocycles. The van der Waals surface area contributed by atoms with Gasteiger partial charge in [-0.15, -0.1) is 0 Å². The molecular formula is C21H34O11. The molecule has 0 aliphatic carbocycles. The maximum atomic E-state index is 12.5. The second-order valence-electron chi connectivity index (χ2n) is 8.71. The van der Waals surface area contributed by atoms with E-state index in [1.165, 1.54) is 0 Å². The fraction of sp³-hybridized carbons (Fsp3) is 0.857. The van der Waals surface area contributed by atoms with Crippen molar-refractivity contribution >= 4 is 5.97 Å². The SMILES string of the molecule is C/C1=C\CC[C@H](C)CCO[C@@H]2O[C@H](CO[C@@H]3OC[C@H](O)[C@H](O)[C@H]3OC1=O)[C@@H](O)[C@H](O)[C@H]2O. The highest BCUT2D eigenvalue weighted by molar-refractivity contribution is 5.87. The summed E-state index contributed by atoms with van der Waals surface area (Å²) in [6.07, 6.45) is -8.22. The van der Waals surface area contributed by atoms with Crippen LogP contribution >= 0.6 is 0 Å². The van der Waals surface area contributed by atoms with E-state index in [0.29, 0.717) is 18.4 Å².